The van der Waals surface area contributed by atoms with Crippen molar-refractivity contribution in [2.45, 2.75) is 20.0 Å². The van der Waals surface area contributed by atoms with Crippen LogP contribution in [-0.2, 0) is 9.53 Å². The molecule has 124 valence electrons. The number of esters is 1. The molecule has 1 atom stereocenters. The highest BCUT2D eigenvalue weighted by atomic mass is 16.6. The van der Waals surface area contributed by atoms with E-state index in [0.29, 0.717) is 5.69 Å². The zero-order chi connectivity index (χ0) is 17.7. The molecule has 0 saturated carbocycles. The van der Waals surface area contributed by atoms with Crippen molar-refractivity contribution in [1.29, 1.82) is 0 Å². The fourth-order valence-corrected chi connectivity index (χ4v) is 1.96. The number of hydrogen-bond acceptors (Lipinski definition) is 5. The van der Waals surface area contributed by atoms with Crippen molar-refractivity contribution in [1.82, 2.24) is 0 Å². The predicted octanol–water partition coefficient (Wildman–Crippen LogP) is 3.09. The molecule has 0 aliphatic rings. The molecule has 0 radical (unpaired) electrons. The fraction of sp³-hybridized carbons (Fsp3) is 0.176. The Balaban J connectivity index is 2.04. The summed E-state index contributed by atoms with van der Waals surface area (Å²) in [4.78, 5) is 34.4. The molecule has 2 rings (SSSR count). The van der Waals surface area contributed by atoms with E-state index in [2.05, 4.69) is 5.32 Å². The van der Waals surface area contributed by atoms with Gasteiger partial charge in [0.2, 0.25) is 0 Å². The number of aryl methyl sites for hydroxylation is 1. The maximum atomic E-state index is 12.1. The Morgan fingerprint density at radius 3 is 2.38 bits per heavy atom. The third-order valence-electron chi connectivity index (χ3n) is 3.29. The monoisotopic (exact) mass is 328 g/mol. The highest BCUT2D eigenvalue weighted by molar-refractivity contribution is 5.98. The number of rotatable bonds is 5. The van der Waals surface area contributed by atoms with Crippen LogP contribution in [0, 0.1) is 17.0 Å². The Hall–Kier alpha value is -3.22. The molecule has 7 heteroatoms. The van der Waals surface area contributed by atoms with Crippen LogP contribution >= 0.6 is 0 Å². The first-order valence-corrected chi connectivity index (χ1v) is 7.20. The van der Waals surface area contributed by atoms with Gasteiger partial charge in [0.15, 0.2) is 6.10 Å². The van der Waals surface area contributed by atoms with Gasteiger partial charge in [-0.2, -0.15) is 0 Å². The molecule has 0 aliphatic carbocycles. The number of nitro groups is 1. The normalized spacial score (nSPS) is 11.4. The maximum absolute atomic E-state index is 12.1. The van der Waals surface area contributed by atoms with Crippen LogP contribution in [0.25, 0.3) is 0 Å². The molecular formula is C17H16N2O5. The van der Waals surface area contributed by atoms with Crippen LogP contribution in [0.1, 0.15) is 22.8 Å². The van der Waals surface area contributed by atoms with Gasteiger partial charge >= 0.3 is 5.97 Å². The van der Waals surface area contributed by atoms with E-state index in [1.54, 1.807) is 12.1 Å². The Labute approximate surface area is 138 Å². The van der Waals surface area contributed by atoms with E-state index in [1.165, 1.54) is 31.2 Å². The standard InChI is InChI=1S/C17H16N2O5/c1-11-7-9-13(10-8-11)18-16(20)12(2)24-17(21)14-5-3-4-6-15(14)19(22)23/h3-10,12H,1-2H3,(H,18,20). The molecule has 0 aromatic heterocycles. The van der Waals surface area contributed by atoms with Crippen LogP contribution in [0.5, 0.6) is 0 Å². The maximum Gasteiger partial charge on any atom is 0.345 e. The zero-order valence-corrected chi connectivity index (χ0v) is 13.2. The molecule has 0 spiro atoms. The van der Waals surface area contributed by atoms with Gasteiger partial charge in [0.05, 0.1) is 4.92 Å². The van der Waals surface area contributed by atoms with E-state index in [-0.39, 0.29) is 11.3 Å². The number of benzene rings is 2. The average molecular weight is 328 g/mol. The Morgan fingerprint density at radius 1 is 1.12 bits per heavy atom. The largest absolute Gasteiger partial charge is 0.449 e. The number of ether oxygens (including phenoxy) is 1. The van der Waals surface area contributed by atoms with E-state index in [9.17, 15) is 19.7 Å². The quantitative estimate of drug-likeness (QED) is 0.516. The number of anilines is 1. The van der Waals surface area contributed by atoms with Crippen molar-refractivity contribution < 1.29 is 19.2 Å². The van der Waals surface area contributed by atoms with Gasteiger partial charge < -0.3 is 10.1 Å². The lowest BCUT2D eigenvalue weighted by Crippen LogP contribution is -2.30. The molecule has 1 unspecified atom stereocenters. The zero-order valence-electron chi connectivity index (χ0n) is 13.2. The first kappa shape index (κ1) is 17.1. The molecule has 0 aliphatic heterocycles. The summed E-state index contributed by atoms with van der Waals surface area (Å²) in [5.41, 5.74) is 1.05. The van der Waals surface area contributed by atoms with Crippen molar-refractivity contribution in [3.05, 3.63) is 69.8 Å². The van der Waals surface area contributed by atoms with Crippen LogP contribution in [0.15, 0.2) is 48.5 Å². The minimum Gasteiger partial charge on any atom is -0.449 e. The predicted molar refractivity (Wildman–Crippen MR) is 87.8 cm³/mol. The summed E-state index contributed by atoms with van der Waals surface area (Å²) in [6.45, 7) is 3.32. The SMILES string of the molecule is Cc1ccc(NC(=O)C(C)OC(=O)c2ccccc2[N+](=O)[O-])cc1. The molecule has 1 N–H and O–H groups in total. The summed E-state index contributed by atoms with van der Waals surface area (Å²) in [7, 11) is 0. The van der Waals surface area contributed by atoms with Crippen molar-refractivity contribution in [3.8, 4) is 0 Å². The minimum atomic E-state index is -1.10. The fourth-order valence-electron chi connectivity index (χ4n) is 1.96. The molecule has 2 aromatic carbocycles. The third-order valence-corrected chi connectivity index (χ3v) is 3.29. The number of amides is 1. The molecule has 1 amide bonds. The molecule has 2 aromatic rings. The highest BCUT2D eigenvalue weighted by Gasteiger charge is 2.24. The highest BCUT2D eigenvalue weighted by Crippen LogP contribution is 2.19. The van der Waals surface area contributed by atoms with Gasteiger partial charge in [-0.05, 0) is 32.0 Å². The molecule has 24 heavy (non-hydrogen) atoms. The topological polar surface area (TPSA) is 98.5 Å². The van der Waals surface area contributed by atoms with Crippen LogP contribution in [0.2, 0.25) is 0 Å². The van der Waals surface area contributed by atoms with E-state index < -0.39 is 22.9 Å². The van der Waals surface area contributed by atoms with E-state index in [1.807, 2.05) is 19.1 Å². The van der Waals surface area contributed by atoms with E-state index >= 15 is 0 Å². The number of carbonyl (C=O) groups is 2. The first-order chi connectivity index (χ1) is 11.4. The molecule has 0 saturated heterocycles. The summed E-state index contributed by atoms with van der Waals surface area (Å²) in [5.74, 6) is -1.44. The molecular weight excluding hydrogens is 312 g/mol. The van der Waals surface area contributed by atoms with Gasteiger partial charge in [-0.3, -0.25) is 14.9 Å². The lowest BCUT2D eigenvalue weighted by atomic mass is 10.2. The smallest absolute Gasteiger partial charge is 0.345 e. The number of nitrogens with one attached hydrogen (secondary N) is 1. The lowest BCUT2D eigenvalue weighted by molar-refractivity contribution is -0.385. The van der Waals surface area contributed by atoms with E-state index in [0.717, 1.165) is 5.56 Å². The van der Waals surface area contributed by atoms with Crippen molar-refractivity contribution >= 4 is 23.3 Å². The number of para-hydroxylation sites is 1. The van der Waals surface area contributed by atoms with Gasteiger partial charge in [0, 0.05) is 11.8 Å². The molecule has 0 fully saturated rings. The number of nitro benzene ring substituents is 1. The van der Waals surface area contributed by atoms with Gasteiger partial charge in [0.1, 0.15) is 5.56 Å². The molecule has 0 bridgehead atoms. The average Bonchev–Trinajstić information content (AvgIpc) is 2.56. The Morgan fingerprint density at radius 2 is 1.75 bits per heavy atom. The van der Waals surface area contributed by atoms with Crippen LogP contribution in [0.3, 0.4) is 0 Å². The summed E-state index contributed by atoms with van der Waals surface area (Å²) in [6.07, 6.45) is -1.10. The second kappa shape index (κ2) is 7.36. The van der Waals surface area contributed by atoms with E-state index in [4.69, 9.17) is 4.74 Å². The summed E-state index contributed by atoms with van der Waals surface area (Å²) < 4.78 is 5.03. The van der Waals surface area contributed by atoms with Gasteiger partial charge in [-0.25, -0.2) is 4.79 Å². The number of nitrogens with zero attached hydrogens (tertiary/aromatic N) is 1. The Bertz CT molecular complexity index is 771. The third kappa shape index (κ3) is 4.16. The van der Waals surface area contributed by atoms with Crippen LogP contribution < -0.4 is 5.32 Å². The second-order valence-corrected chi connectivity index (χ2v) is 5.18. The molecule has 7 nitrogen and oxygen atoms in total. The lowest BCUT2D eigenvalue weighted by Gasteiger charge is -2.13. The van der Waals surface area contributed by atoms with Crippen molar-refractivity contribution in [3.63, 3.8) is 0 Å². The molecule has 0 heterocycles. The van der Waals surface area contributed by atoms with Gasteiger partial charge in [-0.1, -0.05) is 29.8 Å². The summed E-state index contributed by atoms with van der Waals surface area (Å²) >= 11 is 0. The second-order valence-electron chi connectivity index (χ2n) is 5.18. The van der Waals surface area contributed by atoms with Crippen molar-refractivity contribution in [2.24, 2.45) is 0 Å². The summed E-state index contributed by atoms with van der Waals surface area (Å²) in [5, 5.41) is 13.5. The van der Waals surface area contributed by atoms with Crippen LogP contribution in [-0.4, -0.2) is 22.9 Å². The van der Waals surface area contributed by atoms with Gasteiger partial charge in [-0.15, -0.1) is 0 Å². The summed E-state index contributed by atoms with van der Waals surface area (Å²) in [6, 6.07) is 12.5. The van der Waals surface area contributed by atoms with Gasteiger partial charge in [0.25, 0.3) is 11.6 Å². The number of carbonyl (C=O) groups excluding carboxylic acids is 2. The Kier molecular flexibility index (Phi) is 5.26. The van der Waals surface area contributed by atoms with Crippen LogP contribution in [0.4, 0.5) is 11.4 Å². The first-order valence-electron chi connectivity index (χ1n) is 7.20. The number of hydrogen-bond donors (Lipinski definition) is 1. The van der Waals surface area contributed by atoms with Crippen molar-refractivity contribution in [2.75, 3.05) is 5.32 Å². The minimum absolute atomic E-state index is 0.197.